The van der Waals surface area contributed by atoms with Gasteiger partial charge in [0.15, 0.2) is 0 Å². The average molecular weight is 254 g/mol. The molecule has 0 unspecified atom stereocenters. The normalized spacial score (nSPS) is 12.0. The topological polar surface area (TPSA) is 61.4 Å². The summed E-state index contributed by atoms with van der Waals surface area (Å²) in [7, 11) is 0. The molecule has 0 spiro atoms. The first kappa shape index (κ1) is 14.4. The van der Waals surface area contributed by atoms with Crippen molar-refractivity contribution in [2.24, 2.45) is 0 Å². The van der Waals surface area contributed by atoms with Crippen LogP contribution >= 0.6 is 0 Å². The van der Waals surface area contributed by atoms with E-state index in [0.717, 1.165) is 12.8 Å². The molecule has 0 bridgehead atoms. The third-order valence-corrected chi connectivity index (χ3v) is 2.77. The number of anilines is 1. The third kappa shape index (κ3) is 4.00. The Hall–Kier alpha value is -1.62. The Balaban J connectivity index is 2.75. The SMILES string of the molecule is CCCC[C@@H](Nc1ccc(F)c(C)c1)C(=O)NO. The minimum atomic E-state index is -0.514. The smallest absolute Gasteiger partial charge is 0.265 e. The molecule has 1 rings (SSSR count). The van der Waals surface area contributed by atoms with Crippen LogP contribution < -0.4 is 10.8 Å². The predicted molar refractivity (Wildman–Crippen MR) is 68.0 cm³/mol. The summed E-state index contributed by atoms with van der Waals surface area (Å²) in [5, 5.41) is 11.7. The maximum Gasteiger partial charge on any atom is 0.265 e. The molecule has 0 saturated heterocycles. The van der Waals surface area contributed by atoms with E-state index in [9.17, 15) is 9.18 Å². The number of carbonyl (C=O) groups is 1. The molecule has 18 heavy (non-hydrogen) atoms. The highest BCUT2D eigenvalue weighted by Gasteiger charge is 2.17. The molecule has 1 aromatic carbocycles. The van der Waals surface area contributed by atoms with E-state index in [1.807, 2.05) is 6.92 Å². The Kier molecular flexibility index (Phi) is 5.58. The van der Waals surface area contributed by atoms with Crippen LogP contribution in [0.2, 0.25) is 0 Å². The number of amides is 1. The summed E-state index contributed by atoms with van der Waals surface area (Å²) in [6.07, 6.45) is 2.43. The zero-order valence-electron chi connectivity index (χ0n) is 10.7. The number of rotatable bonds is 6. The summed E-state index contributed by atoms with van der Waals surface area (Å²) in [4.78, 5) is 11.5. The Morgan fingerprint density at radius 1 is 1.50 bits per heavy atom. The van der Waals surface area contributed by atoms with E-state index in [1.54, 1.807) is 24.5 Å². The van der Waals surface area contributed by atoms with Gasteiger partial charge in [-0.05, 0) is 37.1 Å². The Morgan fingerprint density at radius 3 is 2.78 bits per heavy atom. The van der Waals surface area contributed by atoms with Crippen LogP contribution in [-0.4, -0.2) is 17.2 Å². The van der Waals surface area contributed by atoms with Gasteiger partial charge in [0.1, 0.15) is 11.9 Å². The molecule has 0 heterocycles. The second-order valence-corrected chi connectivity index (χ2v) is 4.28. The van der Waals surface area contributed by atoms with Crippen molar-refractivity contribution in [1.29, 1.82) is 0 Å². The lowest BCUT2D eigenvalue weighted by molar-refractivity contribution is -0.130. The van der Waals surface area contributed by atoms with Crippen molar-refractivity contribution in [1.82, 2.24) is 5.48 Å². The van der Waals surface area contributed by atoms with E-state index < -0.39 is 11.9 Å². The molecule has 100 valence electrons. The lowest BCUT2D eigenvalue weighted by Crippen LogP contribution is -2.38. The van der Waals surface area contributed by atoms with Crippen molar-refractivity contribution in [3.8, 4) is 0 Å². The molecule has 5 heteroatoms. The second-order valence-electron chi connectivity index (χ2n) is 4.28. The molecular weight excluding hydrogens is 235 g/mol. The van der Waals surface area contributed by atoms with E-state index >= 15 is 0 Å². The lowest BCUT2D eigenvalue weighted by atomic mass is 10.1. The summed E-state index contributed by atoms with van der Waals surface area (Å²) >= 11 is 0. The van der Waals surface area contributed by atoms with Crippen LogP contribution in [-0.2, 0) is 4.79 Å². The van der Waals surface area contributed by atoms with Gasteiger partial charge in [0.25, 0.3) is 5.91 Å². The van der Waals surface area contributed by atoms with Gasteiger partial charge in [-0.1, -0.05) is 19.8 Å². The quantitative estimate of drug-likeness (QED) is 0.540. The van der Waals surface area contributed by atoms with Crippen molar-refractivity contribution >= 4 is 11.6 Å². The van der Waals surface area contributed by atoms with E-state index in [4.69, 9.17) is 5.21 Å². The molecule has 0 aromatic heterocycles. The van der Waals surface area contributed by atoms with Gasteiger partial charge in [-0.2, -0.15) is 0 Å². The molecule has 0 radical (unpaired) electrons. The van der Waals surface area contributed by atoms with E-state index in [-0.39, 0.29) is 5.82 Å². The predicted octanol–water partition coefficient (Wildman–Crippen LogP) is 2.61. The number of aryl methyl sites for hydroxylation is 1. The molecule has 0 saturated carbocycles. The van der Waals surface area contributed by atoms with Gasteiger partial charge < -0.3 is 5.32 Å². The Bertz CT molecular complexity index is 410. The average Bonchev–Trinajstić information content (AvgIpc) is 2.37. The highest BCUT2D eigenvalue weighted by atomic mass is 19.1. The van der Waals surface area contributed by atoms with Gasteiger partial charge >= 0.3 is 0 Å². The standard InChI is InChI=1S/C13H19FN2O2/c1-3-4-5-12(13(17)16-18)15-10-6-7-11(14)9(2)8-10/h6-8,12,15,18H,3-5H2,1-2H3,(H,16,17)/t12-/m1/s1. The van der Waals surface area contributed by atoms with Crippen LogP contribution in [0.15, 0.2) is 18.2 Å². The van der Waals surface area contributed by atoms with E-state index in [1.165, 1.54) is 6.07 Å². The van der Waals surface area contributed by atoms with E-state index in [2.05, 4.69) is 5.32 Å². The molecule has 0 fully saturated rings. The minimum Gasteiger partial charge on any atom is -0.374 e. The van der Waals surface area contributed by atoms with Gasteiger partial charge in [-0.3, -0.25) is 10.0 Å². The number of halogens is 1. The number of nitrogens with one attached hydrogen (secondary N) is 2. The zero-order chi connectivity index (χ0) is 13.5. The molecule has 0 aliphatic carbocycles. The molecule has 1 amide bonds. The maximum atomic E-state index is 13.1. The first-order valence-electron chi connectivity index (χ1n) is 6.05. The van der Waals surface area contributed by atoms with Crippen LogP contribution in [0.25, 0.3) is 0 Å². The molecule has 1 aromatic rings. The lowest BCUT2D eigenvalue weighted by Gasteiger charge is -2.18. The highest BCUT2D eigenvalue weighted by Crippen LogP contribution is 2.16. The van der Waals surface area contributed by atoms with Gasteiger partial charge in [0.05, 0.1) is 0 Å². The van der Waals surface area contributed by atoms with Gasteiger partial charge in [-0.15, -0.1) is 0 Å². The fourth-order valence-corrected chi connectivity index (χ4v) is 1.69. The molecule has 0 aliphatic rings. The van der Waals surface area contributed by atoms with Gasteiger partial charge in [-0.25, -0.2) is 9.87 Å². The first-order valence-corrected chi connectivity index (χ1v) is 6.05. The first-order chi connectivity index (χ1) is 8.58. The molecular formula is C13H19FN2O2. The van der Waals surface area contributed by atoms with Crippen molar-refractivity contribution in [3.05, 3.63) is 29.6 Å². The summed E-state index contributed by atoms with van der Waals surface area (Å²) < 4.78 is 13.1. The zero-order valence-corrected chi connectivity index (χ0v) is 10.7. The van der Waals surface area contributed by atoms with Crippen molar-refractivity contribution < 1.29 is 14.4 Å². The second kappa shape index (κ2) is 6.96. The number of hydrogen-bond acceptors (Lipinski definition) is 3. The van der Waals surface area contributed by atoms with Crippen LogP contribution in [0.3, 0.4) is 0 Å². The Labute approximate surface area is 106 Å². The Morgan fingerprint density at radius 2 is 2.22 bits per heavy atom. The summed E-state index contributed by atoms with van der Waals surface area (Å²) in [6.45, 7) is 3.68. The van der Waals surface area contributed by atoms with Crippen molar-refractivity contribution in [2.45, 2.75) is 39.2 Å². The number of unbranched alkanes of at least 4 members (excludes halogenated alkanes) is 1. The number of hydrogen-bond donors (Lipinski definition) is 3. The monoisotopic (exact) mass is 254 g/mol. The minimum absolute atomic E-state index is 0.280. The summed E-state index contributed by atoms with van der Waals surface area (Å²) in [5.74, 6) is -0.761. The highest BCUT2D eigenvalue weighted by molar-refractivity contribution is 5.83. The van der Waals surface area contributed by atoms with Gasteiger partial charge in [0.2, 0.25) is 0 Å². The maximum absolute atomic E-state index is 13.1. The number of carbonyl (C=O) groups excluding carboxylic acids is 1. The van der Waals surface area contributed by atoms with Crippen LogP contribution in [0.1, 0.15) is 31.7 Å². The summed E-state index contributed by atoms with van der Waals surface area (Å²) in [5.41, 5.74) is 2.82. The molecule has 1 atom stereocenters. The molecule has 0 aliphatic heterocycles. The molecule has 3 N–H and O–H groups in total. The number of hydroxylamine groups is 1. The van der Waals surface area contributed by atoms with Crippen LogP contribution in [0.4, 0.5) is 10.1 Å². The van der Waals surface area contributed by atoms with Crippen molar-refractivity contribution in [3.63, 3.8) is 0 Å². The van der Waals surface area contributed by atoms with Crippen LogP contribution in [0, 0.1) is 12.7 Å². The van der Waals surface area contributed by atoms with Crippen molar-refractivity contribution in [2.75, 3.05) is 5.32 Å². The van der Waals surface area contributed by atoms with Crippen LogP contribution in [0.5, 0.6) is 0 Å². The molecule has 4 nitrogen and oxygen atoms in total. The van der Waals surface area contributed by atoms with Gasteiger partial charge in [0, 0.05) is 5.69 Å². The third-order valence-electron chi connectivity index (χ3n) is 2.77. The summed E-state index contributed by atoms with van der Waals surface area (Å²) in [6, 6.07) is 4.05. The number of benzene rings is 1. The fourth-order valence-electron chi connectivity index (χ4n) is 1.69. The largest absolute Gasteiger partial charge is 0.374 e. The fraction of sp³-hybridized carbons (Fsp3) is 0.462. The van der Waals surface area contributed by atoms with E-state index in [0.29, 0.717) is 17.7 Å².